The van der Waals surface area contributed by atoms with Gasteiger partial charge in [0.1, 0.15) is 11.4 Å². The number of thiazole rings is 1. The summed E-state index contributed by atoms with van der Waals surface area (Å²) in [5.74, 6) is -0.371. The number of nitrogens with zero attached hydrogens (tertiary/aromatic N) is 2. The smallest absolute Gasteiger partial charge is 0.415 e. The van der Waals surface area contributed by atoms with Gasteiger partial charge in [0.25, 0.3) is 0 Å². The van der Waals surface area contributed by atoms with Gasteiger partial charge in [0.15, 0.2) is 4.47 Å². The number of carbonyl (C=O) groups is 1. The molecule has 0 bridgehead atoms. The summed E-state index contributed by atoms with van der Waals surface area (Å²) >= 11 is 7.10. The molecule has 2 aromatic rings. The summed E-state index contributed by atoms with van der Waals surface area (Å²) in [6.07, 6.45) is -0.525. The fourth-order valence-electron chi connectivity index (χ4n) is 1.72. The van der Waals surface area contributed by atoms with Crippen molar-refractivity contribution in [1.82, 2.24) is 4.98 Å². The molecule has 0 unspecified atom stereocenters. The van der Waals surface area contributed by atoms with E-state index in [1.807, 2.05) is 0 Å². The van der Waals surface area contributed by atoms with Crippen LogP contribution in [0, 0.1) is 5.82 Å². The van der Waals surface area contributed by atoms with Crippen LogP contribution in [-0.2, 0) is 11.3 Å². The summed E-state index contributed by atoms with van der Waals surface area (Å²) < 4.78 is 18.9. The Morgan fingerprint density at radius 1 is 1.36 bits per heavy atom. The monoisotopic (exact) mass is 342 g/mol. The van der Waals surface area contributed by atoms with Gasteiger partial charge >= 0.3 is 6.09 Å². The molecule has 118 valence electrons. The molecule has 22 heavy (non-hydrogen) atoms. The Bertz CT molecular complexity index is 652. The summed E-state index contributed by atoms with van der Waals surface area (Å²) in [7, 11) is 0. The number of amides is 1. The van der Waals surface area contributed by atoms with Crippen LogP contribution in [0.25, 0.3) is 0 Å². The minimum atomic E-state index is -0.630. The summed E-state index contributed by atoms with van der Waals surface area (Å²) in [5.41, 5.74) is 0.541. The number of carbonyl (C=O) groups excluding carboxylic acids is 1. The molecule has 0 atom stereocenters. The highest BCUT2D eigenvalue weighted by Gasteiger charge is 2.24. The average Bonchev–Trinajstić information content (AvgIpc) is 2.81. The van der Waals surface area contributed by atoms with Crippen LogP contribution in [0.3, 0.4) is 0 Å². The Morgan fingerprint density at radius 3 is 2.50 bits per heavy atom. The van der Waals surface area contributed by atoms with Crippen LogP contribution in [0.15, 0.2) is 29.6 Å². The topological polar surface area (TPSA) is 42.4 Å². The highest BCUT2D eigenvalue weighted by atomic mass is 35.5. The van der Waals surface area contributed by atoms with E-state index < -0.39 is 11.7 Å². The molecule has 1 amide bonds. The third kappa shape index (κ3) is 4.68. The van der Waals surface area contributed by atoms with Crippen molar-refractivity contribution in [2.24, 2.45) is 0 Å². The number of halogens is 2. The minimum absolute atomic E-state index is 0.198. The van der Waals surface area contributed by atoms with Crippen molar-refractivity contribution in [3.8, 4) is 0 Å². The molecule has 0 saturated carbocycles. The molecule has 0 aliphatic rings. The van der Waals surface area contributed by atoms with Gasteiger partial charge in [0.2, 0.25) is 0 Å². The standard InChI is InChI=1S/C15H16ClFN2O2S/c1-15(2,3)21-14(20)19(8-11-9-22-13(16)18-11)12-6-4-10(17)5-7-12/h4-7,9H,8H2,1-3H3. The Labute approximate surface area is 137 Å². The number of anilines is 1. The van der Waals surface area contributed by atoms with Gasteiger partial charge in [-0.25, -0.2) is 14.2 Å². The number of benzene rings is 1. The lowest BCUT2D eigenvalue weighted by Gasteiger charge is -2.27. The zero-order valence-corrected chi connectivity index (χ0v) is 14.0. The molecule has 4 nitrogen and oxygen atoms in total. The molecule has 0 spiro atoms. The van der Waals surface area contributed by atoms with E-state index in [0.717, 1.165) is 0 Å². The van der Waals surface area contributed by atoms with Gasteiger partial charge < -0.3 is 4.74 Å². The molecule has 1 heterocycles. The average molecular weight is 343 g/mol. The van der Waals surface area contributed by atoms with Gasteiger partial charge in [-0.05, 0) is 45.0 Å². The van der Waals surface area contributed by atoms with Crippen molar-refractivity contribution < 1.29 is 13.9 Å². The lowest BCUT2D eigenvalue weighted by molar-refractivity contribution is 0.0577. The van der Waals surface area contributed by atoms with Crippen molar-refractivity contribution in [2.45, 2.75) is 32.9 Å². The molecule has 0 saturated heterocycles. The second-order valence-electron chi connectivity index (χ2n) is 5.63. The van der Waals surface area contributed by atoms with Crippen molar-refractivity contribution in [2.75, 3.05) is 4.90 Å². The van der Waals surface area contributed by atoms with Gasteiger partial charge in [0, 0.05) is 11.1 Å². The van der Waals surface area contributed by atoms with Gasteiger partial charge in [-0.2, -0.15) is 0 Å². The number of ether oxygens (including phenoxy) is 1. The number of hydrogen-bond donors (Lipinski definition) is 0. The summed E-state index contributed by atoms with van der Waals surface area (Å²) in [5, 5.41) is 1.77. The molecular formula is C15H16ClFN2O2S. The van der Waals surface area contributed by atoms with Crippen molar-refractivity contribution in [1.29, 1.82) is 0 Å². The number of rotatable bonds is 3. The molecule has 0 aliphatic heterocycles. The second kappa shape index (κ2) is 6.62. The lowest BCUT2D eigenvalue weighted by Crippen LogP contribution is -2.36. The van der Waals surface area contributed by atoms with Gasteiger partial charge in [0.05, 0.1) is 12.2 Å². The molecule has 2 rings (SSSR count). The maximum Gasteiger partial charge on any atom is 0.415 e. The van der Waals surface area contributed by atoms with E-state index in [9.17, 15) is 9.18 Å². The largest absolute Gasteiger partial charge is 0.443 e. The summed E-state index contributed by atoms with van der Waals surface area (Å²) in [6, 6.07) is 5.63. The molecular weight excluding hydrogens is 327 g/mol. The quantitative estimate of drug-likeness (QED) is 0.798. The lowest BCUT2D eigenvalue weighted by atomic mass is 10.2. The summed E-state index contributed by atoms with van der Waals surface area (Å²) in [6.45, 7) is 5.55. The van der Waals surface area contributed by atoms with E-state index >= 15 is 0 Å². The maximum absolute atomic E-state index is 13.1. The Balaban J connectivity index is 2.27. The van der Waals surface area contributed by atoms with Crippen LogP contribution in [0.5, 0.6) is 0 Å². The first kappa shape index (κ1) is 16.7. The molecule has 0 fully saturated rings. The molecule has 1 aromatic carbocycles. The molecule has 1 aromatic heterocycles. The third-order valence-electron chi connectivity index (χ3n) is 2.60. The minimum Gasteiger partial charge on any atom is -0.443 e. The predicted molar refractivity (Wildman–Crippen MR) is 85.9 cm³/mol. The van der Waals surface area contributed by atoms with Crippen LogP contribution >= 0.6 is 22.9 Å². The Kier molecular flexibility index (Phi) is 5.03. The van der Waals surface area contributed by atoms with E-state index in [2.05, 4.69) is 4.98 Å². The zero-order chi connectivity index (χ0) is 16.3. The highest BCUT2D eigenvalue weighted by molar-refractivity contribution is 7.13. The van der Waals surface area contributed by atoms with Crippen molar-refractivity contribution >= 4 is 34.7 Å². The Hall–Kier alpha value is -1.66. The first-order chi connectivity index (χ1) is 10.2. The van der Waals surface area contributed by atoms with Crippen LogP contribution < -0.4 is 4.90 Å². The first-order valence-corrected chi connectivity index (χ1v) is 7.86. The Morgan fingerprint density at radius 2 is 2.00 bits per heavy atom. The van der Waals surface area contributed by atoms with Gasteiger partial charge in [-0.15, -0.1) is 11.3 Å². The van der Waals surface area contributed by atoms with Crippen LogP contribution in [0.4, 0.5) is 14.9 Å². The SMILES string of the molecule is CC(C)(C)OC(=O)N(Cc1csc(Cl)n1)c1ccc(F)cc1. The second-order valence-corrected chi connectivity index (χ2v) is 7.07. The summed E-state index contributed by atoms with van der Waals surface area (Å²) in [4.78, 5) is 17.9. The fraction of sp³-hybridized carbons (Fsp3) is 0.333. The highest BCUT2D eigenvalue weighted by Crippen LogP contribution is 2.23. The zero-order valence-electron chi connectivity index (χ0n) is 12.5. The van der Waals surface area contributed by atoms with E-state index in [1.54, 1.807) is 26.2 Å². The van der Waals surface area contributed by atoms with Crippen molar-refractivity contribution in [3.05, 3.63) is 45.6 Å². The normalized spacial score (nSPS) is 11.3. The van der Waals surface area contributed by atoms with Crippen LogP contribution in [-0.4, -0.2) is 16.7 Å². The van der Waals surface area contributed by atoms with Gasteiger partial charge in [-0.3, -0.25) is 4.90 Å². The molecule has 0 aliphatic carbocycles. The number of aromatic nitrogens is 1. The van der Waals surface area contributed by atoms with E-state index in [1.165, 1.54) is 40.5 Å². The van der Waals surface area contributed by atoms with Gasteiger partial charge in [-0.1, -0.05) is 11.6 Å². The third-order valence-corrected chi connectivity index (χ3v) is 3.62. The molecule has 0 N–H and O–H groups in total. The van der Waals surface area contributed by atoms with E-state index in [-0.39, 0.29) is 12.4 Å². The fourth-order valence-corrected chi connectivity index (χ4v) is 2.49. The van der Waals surface area contributed by atoms with Crippen LogP contribution in [0.1, 0.15) is 26.5 Å². The first-order valence-electron chi connectivity index (χ1n) is 6.60. The van der Waals surface area contributed by atoms with Crippen molar-refractivity contribution in [3.63, 3.8) is 0 Å². The maximum atomic E-state index is 13.1. The number of hydrogen-bond acceptors (Lipinski definition) is 4. The molecule has 0 radical (unpaired) electrons. The van der Waals surface area contributed by atoms with E-state index in [0.29, 0.717) is 15.8 Å². The van der Waals surface area contributed by atoms with Crippen LogP contribution in [0.2, 0.25) is 4.47 Å². The van der Waals surface area contributed by atoms with E-state index in [4.69, 9.17) is 16.3 Å². The molecule has 7 heteroatoms. The predicted octanol–water partition coefficient (Wildman–Crippen LogP) is 4.88.